The third-order valence-electron chi connectivity index (χ3n) is 5.29. The van der Waals surface area contributed by atoms with E-state index >= 15 is 0 Å². The lowest BCUT2D eigenvalue weighted by Crippen LogP contribution is -2.47. The third-order valence-corrected chi connectivity index (χ3v) is 5.29. The first-order valence-corrected chi connectivity index (χ1v) is 9.41. The van der Waals surface area contributed by atoms with Crippen LogP contribution in [0.15, 0.2) is 54.6 Å². The Balaban J connectivity index is 1.68. The molecule has 148 valence electrons. The Labute approximate surface area is 165 Å². The van der Waals surface area contributed by atoms with Gasteiger partial charge in [0.25, 0.3) is 5.91 Å². The van der Waals surface area contributed by atoms with Crippen molar-refractivity contribution in [2.45, 2.75) is 19.3 Å². The van der Waals surface area contributed by atoms with E-state index in [0.717, 1.165) is 5.75 Å². The van der Waals surface area contributed by atoms with Crippen molar-refractivity contribution in [2.24, 2.45) is 11.1 Å². The minimum absolute atomic E-state index is 0.0610. The van der Waals surface area contributed by atoms with Gasteiger partial charge in [-0.3, -0.25) is 9.59 Å². The normalized spacial score (nSPS) is 15.7. The number of amides is 2. The number of benzene rings is 2. The molecule has 0 unspecified atom stereocenters. The third kappa shape index (κ3) is 4.63. The van der Waals surface area contributed by atoms with Gasteiger partial charge in [-0.1, -0.05) is 30.3 Å². The standard InChI is InChI=1S/C22H26N2O4/c1-27-19-10-6-5-9-18(19)21(26)24-13-11-22(12-14-24,15-20(23)25)16-28-17-7-3-2-4-8-17/h2-10H,11-16H2,1H3,(H2,23,25). The van der Waals surface area contributed by atoms with Crippen LogP contribution in [0.25, 0.3) is 0 Å². The molecule has 0 atom stereocenters. The van der Waals surface area contributed by atoms with Crippen molar-refractivity contribution in [1.29, 1.82) is 0 Å². The number of rotatable bonds is 7. The largest absolute Gasteiger partial charge is 0.496 e. The molecule has 0 aliphatic carbocycles. The Hall–Kier alpha value is -3.02. The SMILES string of the molecule is COc1ccccc1C(=O)N1CCC(COc2ccccc2)(CC(N)=O)CC1. The van der Waals surface area contributed by atoms with Crippen molar-refractivity contribution >= 4 is 11.8 Å². The van der Waals surface area contributed by atoms with Crippen LogP contribution in [0.4, 0.5) is 0 Å². The van der Waals surface area contributed by atoms with E-state index in [2.05, 4.69) is 0 Å². The van der Waals surface area contributed by atoms with Gasteiger partial charge in [-0.05, 0) is 37.1 Å². The lowest BCUT2D eigenvalue weighted by atomic mass is 9.76. The minimum Gasteiger partial charge on any atom is -0.496 e. The monoisotopic (exact) mass is 382 g/mol. The highest BCUT2D eigenvalue weighted by Crippen LogP contribution is 2.36. The molecular weight excluding hydrogens is 356 g/mol. The molecule has 3 rings (SSSR count). The number of piperidine rings is 1. The molecule has 1 aliphatic heterocycles. The van der Waals surface area contributed by atoms with Crippen LogP contribution in [0.2, 0.25) is 0 Å². The van der Waals surface area contributed by atoms with Crippen molar-refractivity contribution in [1.82, 2.24) is 4.90 Å². The second-order valence-electron chi connectivity index (χ2n) is 7.24. The molecule has 2 aromatic carbocycles. The molecule has 0 radical (unpaired) electrons. The maximum absolute atomic E-state index is 12.9. The second kappa shape index (κ2) is 8.78. The Morgan fingerprint density at radius 3 is 2.32 bits per heavy atom. The molecule has 1 fully saturated rings. The predicted octanol–water partition coefficient (Wildman–Crippen LogP) is 2.87. The lowest BCUT2D eigenvalue weighted by molar-refractivity contribution is -0.121. The van der Waals surface area contributed by atoms with Crippen LogP contribution < -0.4 is 15.2 Å². The van der Waals surface area contributed by atoms with Gasteiger partial charge in [0.15, 0.2) is 0 Å². The molecular formula is C22H26N2O4. The molecule has 6 heteroatoms. The summed E-state index contributed by atoms with van der Waals surface area (Å²) in [5, 5.41) is 0. The summed E-state index contributed by atoms with van der Waals surface area (Å²) in [5.41, 5.74) is 5.70. The first kappa shape index (κ1) is 19.7. The number of ether oxygens (including phenoxy) is 2. The number of nitrogens with zero attached hydrogens (tertiary/aromatic N) is 1. The summed E-state index contributed by atoms with van der Waals surface area (Å²) in [4.78, 5) is 26.4. The maximum Gasteiger partial charge on any atom is 0.257 e. The van der Waals surface area contributed by atoms with Crippen molar-refractivity contribution in [3.05, 3.63) is 60.2 Å². The summed E-state index contributed by atoms with van der Waals surface area (Å²) in [7, 11) is 1.56. The van der Waals surface area contributed by atoms with E-state index in [1.54, 1.807) is 24.1 Å². The van der Waals surface area contributed by atoms with Crippen LogP contribution in [0.3, 0.4) is 0 Å². The zero-order valence-electron chi connectivity index (χ0n) is 16.1. The number of hydrogen-bond acceptors (Lipinski definition) is 4. The molecule has 1 heterocycles. The fourth-order valence-corrected chi connectivity index (χ4v) is 3.67. The fourth-order valence-electron chi connectivity index (χ4n) is 3.67. The number of nitrogens with two attached hydrogens (primary N) is 1. The number of methoxy groups -OCH3 is 1. The molecule has 2 aromatic rings. The quantitative estimate of drug-likeness (QED) is 0.798. The van der Waals surface area contributed by atoms with Gasteiger partial charge in [-0.2, -0.15) is 0 Å². The van der Waals surface area contributed by atoms with Crippen LogP contribution in [0, 0.1) is 5.41 Å². The van der Waals surface area contributed by atoms with E-state index in [9.17, 15) is 9.59 Å². The molecule has 0 bridgehead atoms. The van der Waals surface area contributed by atoms with E-state index in [1.165, 1.54) is 0 Å². The van der Waals surface area contributed by atoms with Crippen LogP contribution in [-0.2, 0) is 4.79 Å². The van der Waals surface area contributed by atoms with Gasteiger partial charge < -0.3 is 20.1 Å². The van der Waals surface area contributed by atoms with Crippen LogP contribution in [0.1, 0.15) is 29.6 Å². The van der Waals surface area contributed by atoms with E-state index in [4.69, 9.17) is 15.2 Å². The van der Waals surface area contributed by atoms with Gasteiger partial charge in [0.2, 0.25) is 5.91 Å². The molecule has 1 saturated heterocycles. The van der Waals surface area contributed by atoms with Gasteiger partial charge in [0.1, 0.15) is 11.5 Å². The highest BCUT2D eigenvalue weighted by atomic mass is 16.5. The summed E-state index contributed by atoms with van der Waals surface area (Å²) < 4.78 is 11.2. The first-order valence-electron chi connectivity index (χ1n) is 9.41. The molecule has 0 aromatic heterocycles. The molecule has 0 saturated carbocycles. The maximum atomic E-state index is 12.9. The molecule has 1 aliphatic rings. The highest BCUT2D eigenvalue weighted by Gasteiger charge is 2.38. The zero-order chi connectivity index (χ0) is 20.0. The molecule has 28 heavy (non-hydrogen) atoms. The number of likely N-dealkylation sites (tertiary alicyclic amines) is 1. The van der Waals surface area contributed by atoms with Gasteiger partial charge in [-0.15, -0.1) is 0 Å². The van der Waals surface area contributed by atoms with Gasteiger partial charge in [0, 0.05) is 24.9 Å². The Morgan fingerprint density at radius 1 is 1.04 bits per heavy atom. The fraction of sp³-hybridized carbons (Fsp3) is 0.364. The van der Waals surface area contributed by atoms with E-state index in [1.807, 2.05) is 42.5 Å². The van der Waals surface area contributed by atoms with Crippen LogP contribution in [0.5, 0.6) is 11.5 Å². The summed E-state index contributed by atoms with van der Waals surface area (Å²) in [5.74, 6) is 0.919. The Morgan fingerprint density at radius 2 is 1.68 bits per heavy atom. The molecule has 6 nitrogen and oxygen atoms in total. The summed E-state index contributed by atoms with van der Waals surface area (Å²) in [6, 6.07) is 16.7. The van der Waals surface area contributed by atoms with Crippen molar-refractivity contribution < 1.29 is 19.1 Å². The number of hydrogen-bond donors (Lipinski definition) is 1. The van der Waals surface area contributed by atoms with E-state index < -0.39 is 0 Å². The topological polar surface area (TPSA) is 81.9 Å². The van der Waals surface area contributed by atoms with Gasteiger partial charge >= 0.3 is 0 Å². The predicted molar refractivity (Wildman–Crippen MR) is 106 cm³/mol. The Kier molecular flexibility index (Phi) is 6.19. The van der Waals surface area contributed by atoms with Gasteiger partial charge in [-0.25, -0.2) is 0 Å². The summed E-state index contributed by atoms with van der Waals surface area (Å²) in [6.45, 7) is 1.49. The average Bonchev–Trinajstić information content (AvgIpc) is 2.73. The lowest BCUT2D eigenvalue weighted by Gasteiger charge is -2.41. The van der Waals surface area contributed by atoms with Gasteiger partial charge in [0.05, 0.1) is 19.3 Å². The smallest absolute Gasteiger partial charge is 0.257 e. The zero-order valence-corrected chi connectivity index (χ0v) is 16.1. The summed E-state index contributed by atoms with van der Waals surface area (Å²) in [6.07, 6.45) is 1.56. The Bertz CT molecular complexity index is 814. The number of primary amides is 1. The number of carbonyl (C=O) groups is 2. The van der Waals surface area contributed by atoms with Crippen molar-refractivity contribution in [2.75, 3.05) is 26.8 Å². The average molecular weight is 382 g/mol. The molecule has 0 spiro atoms. The summed E-state index contributed by atoms with van der Waals surface area (Å²) >= 11 is 0. The molecule has 2 amide bonds. The van der Waals surface area contributed by atoms with Crippen molar-refractivity contribution in [3.8, 4) is 11.5 Å². The second-order valence-corrected chi connectivity index (χ2v) is 7.24. The van der Waals surface area contributed by atoms with E-state index in [-0.39, 0.29) is 23.7 Å². The first-order chi connectivity index (χ1) is 13.5. The highest BCUT2D eigenvalue weighted by molar-refractivity contribution is 5.97. The number of carbonyl (C=O) groups excluding carboxylic acids is 2. The minimum atomic E-state index is -0.362. The van der Waals surface area contributed by atoms with Crippen LogP contribution in [-0.4, -0.2) is 43.5 Å². The number of para-hydroxylation sites is 2. The van der Waals surface area contributed by atoms with E-state index in [0.29, 0.717) is 43.9 Å². The van der Waals surface area contributed by atoms with Crippen molar-refractivity contribution in [3.63, 3.8) is 0 Å². The molecule has 2 N–H and O–H groups in total. The van der Waals surface area contributed by atoms with Crippen LogP contribution >= 0.6 is 0 Å².